The summed E-state index contributed by atoms with van der Waals surface area (Å²) in [5.74, 6) is -0.420. The van der Waals surface area contributed by atoms with E-state index in [9.17, 15) is 15.0 Å². The number of aliphatic hydroxyl groups excluding tert-OH is 2. The minimum Gasteiger partial charge on any atom is -0.463 e. The third kappa shape index (κ3) is 2.95. The number of carbonyl (C=O) groups excluding carboxylic acids is 1. The van der Waals surface area contributed by atoms with E-state index < -0.39 is 24.3 Å². The number of rotatable bonds is 2. The summed E-state index contributed by atoms with van der Waals surface area (Å²) in [4.78, 5) is 10.5. The lowest BCUT2D eigenvalue weighted by Gasteiger charge is -2.31. The molecule has 1 aliphatic heterocycles. The predicted molar refractivity (Wildman–Crippen MR) is 43.0 cm³/mol. The van der Waals surface area contributed by atoms with Crippen LogP contribution in [-0.2, 0) is 14.3 Å². The van der Waals surface area contributed by atoms with Crippen LogP contribution in [0.5, 0.6) is 0 Å². The van der Waals surface area contributed by atoms with Gasteiger partial charge < -0.3 is 19.7 Å². The Morgan fingerprint density at radius 2 is 2.31 bits per heavy atom. The van der Waals surface area contributed by atoms with Crippen LogP contribution in [0.1, 0.15) is 13.3 Å². The second-order valence-corrected chi connectivity index (χ2v) is 3.06. The molecule has 1 heterocycles. The molecule has 2 N–H and O–H groups in total. The fourth-order valence-corrected chi connectivity index (χ4v) is 1.20. The van der Waals surface area contributed by atoms with Crippen molar-refractivity contribution in [2.45, 2.75) is 31.7 Å². The smallest absolute Gasteiger partial charge is 0.302 e. The monoisotopic (exact) mass is 190 g/mol. The zero-order valence-electron chi connectivity index (χ0n) is 7.47. The van der Waals surface area contributed by atoms with Crippen molar-refractivity contribution in [3.63, 3.8) is 0 Å². The Hall–Kier alpha value is -0.650. The molecule has 0 amide bonds. The molecule has 0 aromatic carbocycles. The molecule has 1 rings (SSSR count). The van der Waals surface area contributed by atoms with Crippen molar-refractivity contribution < 1.29 is 24.5 Å². The lowest BCUT2D eigenvalue weighted by Crippen LogP contribution is -2.46. The molecule has 0 spiro atoms. The van der Waals surface area contributed by atoms with Crippen LogP contribution in [0, 0.1) is 0 Å². The van der Waals surface area contributed by atoms with Gasteiger partial charge >= 0.3 is 5.97 Å². The summed E-state index contributed by atoms with van der Waals surface area (Å²) in [6.45, 7) is 1.66. The van der Waals surface area contributed by atoms with Gasteiger partial charge in [0, 0.05) is 13.5 Å². The highest BCUT2D eigenvalue weighted by Crippen LogP contribution is 2.14. The van der Waals surface area contributed by atoms with E-state index in [0.29, 0.717) is 13.0 Å². The third-order valence-corrected chi connectivity index (χ3v) is 1.97. The summed E-state index contributed by atoms with van der Waals surface area (Å²) in [6, 6.07) is 0. The molecule has 0 aromatic rings. The summed E-state index contributed by atoms with van der Waals surface area (Å²) in [6.07, 6.45) is -1.94. The molecule has 1 saturated heterocycles. The standard InChI is InChI=1S/C8H14O5/c1-5(9)13-4-7-8(11)6(10)2-3-12-7/h6-8,10-11H,2-4H2,1H3/t6-,7?,8-/m0/s1. The van der Waals surface area contributed by atoms with Gasteiger partial charge in [-0.05, 0) is 6.42 Å². The van der Waals surface area contributed by atoms with Crippen molar-refractivity contribution >= 4 is 5.97 Å². The van der Waals surface area contributed by atoms with Crippen LogP contribution in [0.3, 0.4) is 0 Å². The fraction of sp³-hybridized carbons (Fsp3) is 0.875. The molecule has 3 atom stereocenters. The molecule has 1 aliphatic rings. The van der Waals surface area contributed by atoms with Crippen LogP contribution in [0.25, 0.3) is 0 Å². The number of hydrogen-bond donors (Lipinski definition) is 2. The topological polar surface area (TPSA) is 76.0 Å². The van der Waals surface area contributed by atoms with E-state index in [1.807, 2.05) is 0 Å². The largest absolute Gasteiger partial charge is 0.463 e. The Morgan fingerprint density at radius 3 is 2.92 bits per heavy atom. The van der Waals surface area contributed by atoms with Crippen molar-refractivity contribution in [3.8, 4) is 0 Å². The first-order valence-corrected chi connectivity index (χ1v) is 4.22. The zero-order chi connectivity index (χ0) is 9.84. The van der Waals surface area contributed by atoms with Gasteiger partial charge in [0.1, 0.15) is 18.8 Å². The second kappa shape index (κ2) is 4.55. The average molecular weight is 190 g/mol. The van der Waals surface area contributed by atoms with Crippen molar-refractivity contribution in [1.29, 1.82) is 0 Å². The molecule has 1 fully saturated rings. The molecule has 0 aromatic heterocycles. The van der Waals surface area contributed by atoms with Crippen LogP contribution in [0.2, 0.25) is 0 Å². The number of ether oxygens (including phenoxy) is 2. The molecular weight excluding hydrogens is 176 g/mol. The average Bonchev–Trinajstić information content (AvgIpc) is 2.07. The summed E-state index contributed by atoms with van der Waals surface area (Å²) in [5.41, 5.74) is 0. The number of carbonyl (C=O) groups is 1. The highest BCUT2D eigenvalue weighted by Gasteiger charge is 2.31. The van der Waals surface area contributed by atoms with Crippen molar-refractivity contribution in [2.24, 2.45) is 0 Å². The Bertz CT molecular complexity index is 181. The van der Waals surface area contributed by atoms with Gasteiger partial charge in [-0.2, -0.15) is 0 Å². The van der Waals surface area contributed by atoms with Gasteiger partial charge in [-0.3, -0.25) is 4.79 Å². The Morgan fingerprint density at radius 1 is 1.62 bits per heavy atom. The molecule has 13 heavy (non-hydrogen) atoms. The van der Waals surface area contributed by atoms with Gasteiger partial charge in [0.05, 0.1) is 6.10 Å². The molecule has 5 heteroatoms. The maximum atomic E-state index is 10.5. The Kier molecular flexibility index (Phi) is 3.65. The number of aliphatic hydroxyl groups is 2. The van der Waals surface area contributed by atoms with Crippen LogP contribution in [-0.4, -0.2) is 47.7 Å². The Balaban J connectivity index is 2.35. The minimum atomic E-state index is -0.965. The minimum absolute atomic E-state index is 0.00639. The molecule has 0 radical (unpaired) electrons. The second-order valence-electron chi connectivity index (χ2n) is 3.06. The first kappa shape index (κ1) is 10.4. The highest BCUT2D eigenvalue weighted by molar-refractivity contribution is 5.65. The van der Waals surface area contributed by atoms with Gasteiger partial charge in [0.15, 0.2) is 0 Å². The lowest BCUT2D eigenvalue weighted by atomic mass is 10.0. The zero-order valence-corrected chi connectivity index (χ0v) is 7.47. The van der Waals surface area contributed by atoms with Crippen molar-refractivity contribution in [1.82, 2.24) is 0 Å². The Labute approximate surface area is 76.3 Å². The summed E-state index contributed by atoms with van der Waals surface area (Å²) < 4.78 is 9.79. The predicted octanol–water partition coefficient (Wildman–Crippen LogP) is -0.940. The fourth-order valence-electron chi connectivity index (χ4n) is 1.20. The summed E-state index contributed by atoms with van der Waals surface area (Å²) in [5, 5.41) is 18.6. The molecule has 0 saturated carbocycles. The third-order valence-electron chi connectivity index (χ3n) is 1.97. The maximum absolute atomic E-state index is 10.5. The van der Waals surface area contributed by atoms with E-state index in [-0.39, 0.29) is 6.61 Å². The van der Waals surface area contributed by atoms with Gasteiger partial charge in [-0.15, -0.1) is 0 Å². The van der Waals surface area contributed by atoms with E-state index in [0.717, 1.165) is 0 Å². The number of hydrogen-bond acceptors (Lipinski definition) is 5. The van der Waals surface area contributed by atoms with Crippen LogP contribution in [0.4, 0.5) is 0 Å². The van der Waals surface area contributed by atoms with E-state index in [2.05, 4.69) is 4.74 Å². The summed E-state index contributed by atoms with van der Waals surface area (Å²) in [7, 11) is 0. The van der Waals surface area contributed by atoms with Crippen molar-refractivity contribution in [3.05, 3.63) is 0 Å². The molecular formula is C8H14O5. The van der Waals surface area contributed by atoms with Gasteiger partial charge in [-0.1, -0.05) is 0 Å². The maximum Gasteiger partial charge on any atom is 0.302 e. The normalized spacial score (nSPS) is 34.2. The van der Waals surface area contributed by atoms with Gasteiger partial charge in [-0.25, -0.2) is 0 Å². The molecule has 0 bridgehead atoms. The molecule has 5 nitrogen and oxygen atoms in total. The van der Waals surface area contributed by atoms with Crippen LogP contribution >= 0.6 is 0 Å². The first-order chi connectivity index (χ1) is 6.11. The summed E-state index contributed by atoms with van der Waals surface area (Å²) >= 11 is 0. The van der Waals surface area contributed by atoms with E-state index >= 15 is 0 Å². The lowest BCUT2D eigenvalue weighted by molar-refractivity contribution is -0.167. The van der Waals surface area contributed by atoms with E-state index in [1.165, 1.54) is 6.92 Å². The van der Waals surface area contributed by atoms with E-state index in [1.54, 1.807) is 0 Å². The quantitative estimate of drug-likeness (QED) is 0.550. The van der Waals surface area contributed by atoms with Gasteiger partial charge in [0.25, 0.3) is 0 Å². The molecule has 0 aliphatic carbocycles. The highest BCUT2D eigenvalue weighted by atomic mass is 16.6. The van der Waals surface area contributed by atoms with Crippen molar-refractivity contribution in [2.75, 3.05) is 13.2 Å². The molecule has 1 unspecified atom stereocenters. The number of esters is 1. The van der Waals surface area contributed by atoms with E-state index in [4.69, 9.17) is 4.74 Å². The van der Waals surface area contributed by atoms with Crippen LogP contribution in [0.15, 0.2) is 0 Å². The van der Waals surface area contributed by atoms with Crippen LogP contribution < -0.4 is 0 Å². The molecule has 76 valence electrons. The SMILES string of the molecule is CC(=O)OCC1OCC[C@H](O)[C@@H]1O. The van der Waals surface area contributed by atoms with Gasteiger partial charge in [0.2, 0.25) is 0 Å². The first-order valence-electron chi connectivity index (χ1n) is 4.22.